The summed E-state index contributed by atoms with van der Waals surface area (Å²) in [5.41, 5.74) is 4.69. The Balaban J connectivity index is 0.991. The van der Waals surface area contributed by atoms with Crippen molar-refractivity contribution < 1.29 is 0 Å². The molecule has 0 radical (unpaired) electrons. The molecule has 0 spiro atoms. The summed E-state index contributed by atoms with van der Waals surface area (Å²) >= 11 is 5.99. The summed E-state index contributed by atoms with van der Waals surface area (Å²) in [5.74, 6) is 3.04. The molecule has 0 aromatic carbocycles. The Labute approximate surface area is 236 Å². The number of nitrogens with one attached hydrogen (secondary N) is 2. The fourth-order valence-corrected chi connectivity index (χ4v) is 5.62. The monoisotopic (exact) mass is 553 g/mol. The number of hydrogen-bond donors (Lipinski definition) is 2. The highest BCUT2D eigenvalue weighted by Gasteiger charge is 2.44. The molecule has 2 bridgehead atoms. The van der Waals surface area contributed by atoms with Crippen LogP contribution in [0.1, 0.15) is 23.5 Å². The number of nitrogens with zero attached hydrogens (tertiary/aromatic N) is 9. The fraction of sp³-hybridized carbons (Fsp3) is 0.286. The Bertz CT molecular complexity index is 1630. The molecule has 2 N–H and O–H groups in total. The molecule has 3 aliphatic rings. The molecular weight excluding hydrogens is 526 g/mol. The number of aromatic nitrogens is 8. The van der Waals surface area contributed by atoms with Gasteiger partial charge in [-0.15, -0.1) is 0 Å². The van der Waals surface area contributed by atoms with Crippen LogP contribution in [0.2, 0.25) is 5.02 Å². The lowest BCUT2D eigenvalue weighted by Crippen LogP contribution is -2.68. The smallest absolute Gasteiger partial charge is 0.163 e. The van der Waals surface area contributed by atoms with E-state index < -0.39 is 0 Å². The summed E-state index contributed by atoms with van der Waals surface area (Å²) in [6.45, 7) is 6.66. The molecule has 12 heteroatoms. The Kier molecular flexibility index (Phi) is 6.17. The van der Waals surface area contributed by atoms with Crippen molar-refractivity contribution in [3.63, 3.8) is 0 Å². The zero-order valence-corrected chi connectivity index (χ0v) is 22.9. The molecule has 0 saturated carbocycles. The third kappa shape index (κ3) is 4.89. The number of aromatic amines is 1. The summed E-state index contributed by atoms with van der Waals surface area (Å²) in [7, 11) is 0. The molecule has 202 valence electrons. The molecule has 8 heterocycles. The minimum absolute atomic E-state index is 0.492. The summed E-state index contributed by atoms with van der Waals surface area (Å²) in [6.07, 6.45) is 8.32. The normalized spacial score (nSPS) is 18.5. The average molecular weight is 554 g/mol. The molecule has 0 amide bonds. The molecule has 8 rings (SSSR count). The number of halogens is 1. The number of anilines is 3. The summed E-state index contributed by atoms with van der Waals surface area (Å²) in [5, 5.41) is 15.3. The van der Waals surface area contributed by atoms with Crippen LogP contribution in [0.5, 0.6) is 0 Å². The van der Waals surface area contributed by atoms with Crippen LogP contribution in [0.3, 0.4) is 0 Å². The molecule has 2 atom stereocenters. The van der Waals surface area contributed by atoms with Gasteiger partial charge in [-0.1, -0.05) is 11.6 Å². The summed E-state index contributed by atoms with van der Waals surface area (Å²) < 4.78 is 1.73. The average Bonchev–Trinajstić information content (AvgIpc) is 3.59. The molecule has 3 fully saturated rings. The molecule has 0 aliphatic carbocycles. The van der Waals surface area contributed by atoms with E-state index in [0.717, 1.165) is 59.6 Å². The third-order valence-corrected chi connectivity index (χ3v) is 7.66. The number of piperazine rings is 1. The van der Waals surface area contributed by atoms with Crippen molar-refractivity contribution in [1.82, 2.24) is 44.8 Å². The highest BCUT2D eigenvalue weighted by molar-refractivity contribution is 6.30. The number of aryl methyl sites for hydroxylation is 2. The van der Waals surface area contributed by atoms with Gasteiger partial charge in [-0.2, -0.15) is 10.2 Å². The van der Waals surface area contributed by atoms with Crippen LogP contribution >= 0.6 is 11.6 Å². The zero-order chi connectivity index (χ0) is 27.2. The lowest BCUT2D eigenvalue weighted by atomic mass is 9.87. The molecule has 3 aliphatic heterocycles. The maximum absolute atomic E-state index is 5.99. The van der Waals surface area contributed by atoms with E-state index in [2.05, 4.69) is 58.6 Å². The predicted octanol–water partition coefficient (Wildman–Crippen LogP) is 4.32. The van der Waals surface area contributed by atoms with Gasteiger partial charge in [0, 0.05) is 73.2 Å². The maximum Gasteiger partial charge on any atom is 0.163 e. The van der Waals surface area contributed by atoms with Gasteiger partial charge in [0.25, 0.3) is 0 Å². The number of pyridine rings is 2. The van der Waals surface area contributed by atoms with Crippen molar-refractivity contribution in [3.05, 3.63) is 83.3 Å². The Morgan fingerprint density at radius 1 is 0.975 bits per heavy atom. The largest absolute Gasteiger partial charge is 0.353 e. The van der Waals surface area contributed by atoms with E-state index in [1.54, 1.807) is 17.1 Å². The van der Waals surface area contributed by atoms with Crippen LogP contribution in [0.15, 0.2) is 61.2 Å². The second-order valence-corrected chi connectivity index (χ2v) is 10.9. The Morgan fingerprint density at radius 2 is 1.85 bits per heavy atom. The van der Waals surface area contributed by atoms with E-state index in [0.29, 0.717) is 28.7 Å². The number of fused-ring (bicyclic) bond motifs is 2. The first-order chi connectivity index (χ1) is 19.5. The number of hydrogen-bond acceptors (Lipinski definition) is 9. The van der Waals surface area contributed by atoms with Gasteiger partial charge in [0.2, 0.25) is 0 Å². The molecule has 3 saturated heterocycles. The lowest BCUT2D eigenvalue weighted by Gasteiger charge is -2.56. The molecule has 11 nitrogen and oxygen atoms in total. The van der Waals surface area contributed by atoms with Gasteiger partial charge < -0.3 is 10.2 Å². The van der Waals surface area contributed by atoms with E-state index in [1.165, 1.54) is 6.42 Å². The van der Waals surface area contributed by atoms with Gasteiger partial charge in [-0.3, -0.25) is 15.0 Å². The number of rotatable bonds is 7. The quantitative estimate of drug-likeness (QED) is 0.304. The molecule has 5 aromatic heterocycles. The number of H-pyrrole nitrogens is 1. The first-order valence-electron chi connectivity index (χ1n) is 13.2. The molecule has 2 unspecified atom stereocenters. The van der Waals surface area contributed by atoms with E-state index in [-0.39, 0.29) is 0 Å². The number of piperidine rings is 1. The van der Waals surface area contributed by atoms with E-state index >= 15 is 0 Å². The topological polar surface area (TPSA) is 117 Å². The van der Waals surface area contributed by atoms with Gasteiger partial charge in [-0.25, -0.2) is 19.6 Å². The Morgan fingerprint density at radius 3 is 2.52 bits per heavy atom. The lowest BCUT2D eigenvalue weighted by molar-refractivity contribution is -0.00967. The van der Waals surface area contributed by atoms with Gasteiger partial charge in [-0.05, 0) is 44.5 Å². The zero-order valence-electron chi connectivity index (χ0n) is 22.2. The predicted molar refractivity (Wildman–Crippen MR) is 153 cm³/mol. The van der Waals surface area contributed by atoms with Gasteiger partial charge >= 0.3 is 0 Å². The van der Waals surface area contributed by atoms with Crippen molar-refractivity contribution in [1.29, 1.82) is 0 Å². The first kappa shape index (κ1) is 24.7. The van der Waals surface area contributed by atoms with Crippen molar-refractivity contribution in [2.24, 2.45) is 0 Å². The van der Waals surface area contributed by atoms with Crippen LogP contribution < -0.4 is 10.2 Å². The molecule has 5 aromatic rings. The van der Waals surface area contributed by atoms with E-state index in [1.807, 2.05) is 44.4 Å². The second kappa shape index (κ2) is 10.00. The molecular formula is C28H28ClN11. The van der Waals surface area contributed by atoms with Crippen molar-refractivity contribution in [2.45, 2.75) is 38.9 Å². The summed E-state index contributed by atoms with van der Waals surface area (Å²) in [4.78, 5) is 23.7. The van der Waals surface area contributed by atoms with Crippen LogP contribution in [-0.4, -0.2) is 70.0 Å². The standard InChI is InChI=1S/C28H28ClN11/c1-17-7-25(34-26-8-18(2)36-37-26)35-28(33-17)19-3-6-27(31-10-19)38-15-23-9-24(16-38)39(23)14-21-4-5-22(12-30-21)40-13-20(29)11-32-40/h3-8,10-13,23-24H,9,14-16H2,1-2H3,(H2,33,34,35,36,37). The van der Waals surface area contributed by atoms with Crippen molar-refractivity contribution in [2.75, 3.05) is 23.3 Å². The minimum Gasteiger partial charge on any atom is -0.353 e. The van der Waals surface area contributed by atoms with Crippen molar-refractivity contribution in [3.8, 4) is 17.1 Å². The van der Waals surface area contributed by atoms with E-state index in [9.17, 15) is 0 Å². The highest BCUT2D eigenvalue weighted by atomic mass is 35.5. The van der Waals surface area contributed by atoms with Crippen molar-refractivity contribution >= 4 is 29.1 Å². The summed E-state index contributed by atoms with van der Waals surface area (Å²) in [6, 6.07) is 13.0. The highest BCUT2D eigenvalue weighted by Crippen LogP contribution is 2.35. The van der Waals surface area contributed by atoms with Gasteiger partial charge in [0.05, 0.1) is 28.8 Å². The second-order valence-electron chi connectivity index (χ2n) is 10.4. The maximum atomic E-state index is 5.99. The van der Waals surface area contributed by atoms with Gasteiger partial charge in [0.15, 0.2) is 11.6 Å². The molecule has 40 heavy (non-hydrogen) atoms. The van der Waals surface area contributed by atoms with Gasteiger partial charge in [0.1, 0.15) is 11.6 Å². The SMILES string of the molecule is Cc1cc(Nc2cc(C)[nH]n2)nc(-c2ccc(N3CC4CC(C3)N4Cc3ccc(-n4cc(Cl)cn4)cn3)nc2)n1. The third-order valence-electron chi connectivity index (χ3n) is 7.46. The first-order valence-corrected chi connectivity index (χ1v) is 13.6. The Hall–Kier alpha value is -4.35. The minimum atomic E-state index is 0.492. The fourth-order valence-electron chi connectivity index (χ4n) is 5.49. The van der Waals surface area contributed by atoms with Crippen LogP contribution in [-0.2, 0) is 6.54 Å². The van der Waals surface area contributed by atoms with Crippen LogP contribution in [0.4, 0.5) is 17.5 Å². The van der Waals surface area contributed by atoms with E-state index in [4.69, 9.17) is 21.6 Å². The van der Waals surface area contributed by atoms with Crippen LogP contribution in [0.25, 0.3) is 17.1 Å². The van der Waals surface area contributed by atoms with Crippen LogP contribution in [0, 0.1) is 13.8 Å².